The van der Waals surface area contributed by atoms with Gasteiger partial charge in [-0.1, -0.05) is 20.8 Å². The SMILES string of the molecule is CC(C)(C)C(O)CNC(=O)NCCCn1cccn1. The molecule has 1 rings (SSSR count). The molecule has 6 nitrogen and oxygen atoms in total. The second-order valence-corrected chi connectivity index (χ2v) is 5.64. The molecule has 0 aliphatic heterocycles. The number of carbonyl (C=O) groups is 1. The van der Waals surface area contributed by atoms with Gasteiger partial charge >= 0.3 is 6.03 Å². The van der Waals surface area contributed by atoms with E-state index < -0.39 is 6.10 Å². The van der Waals surface area contributed by atoms with E-state index in [1.807, 2.05) is 37.7 Å². The van der Waals surface area contributed by atoms with Gasteiger partial charge in [0.15, 0.2) is 0 Å². The molecule has 3 N–H and O–H groups in total. The molecule has 6 heteroatoms. The minimum Gasteiger partial charge on any atom is -0.391 e. The van der Waals surface area contributed by atoms with Crippen molar-refractivity contribution in [1.29, 1.82) is 0 Å². The Kier molecular flexibility index (Phi) is 5.82. The number of aliphatic hydroxyl groups is 1. The average Bonchev–Trinajstić information content (AvgIpc) is 2.83. The lowest BCUT2D eigenvalue weighted by atomic mass is 9.89. The van der Waals surface area contributed by atoms with E-state index in [-0.39, 0.29) is 18.0 Å². The molecular formula is C13H24N4O2. The topological polar surface area (TPSA) is 79.2 Å². The van der Waals surface area contributed by atoms with Crippen molar-refractivity contribution in [1.82, 2.24) is 20.4 Å². The number of aryl methyl sites for hydroxylation is 1. The standard InChI is InChI=1S/C13H24N4O2/c1-13(2,3)11(18)10-15-12(19)14-6-4-8-17-9-5-7-16-17/h5,7,9,11,18H,4,6,8,10H2,1-3H3,(H2,14,15,19). The van der Waals surface area contributed by atoms with Crippen molar-refractivity contribution in [3.05, 3.63) is 18.5 Å². The van der Waals surface area contributed by atoms with Crippen LogP contribution in [0.15, 0.2) is 18.5 Å². The number of nitrogens with one attached hydrogen (secondary N) is 2. The van der Waals surface area contributed by atoms with E-state index in [0.29, 0.717) is 6.54 Å². The number of hydrogen-bond acceptors (Lipinski definition) is 3. The van der Waals surface area contributed by atoms with Gasteiger partial charge in [0.2, 0.25) is 0 Å². The van der Waals surface area contributed by atoms with Crippen LogP contribution < -0.4 is 10.6 Å². The van der Waals surface area contributed by atoms with Crippen LogP contribution >= 0.6 is 0 Å². The van der Waals surface area contributed by atoms with Gasteiger partial charge in [-0.2, -0.15) is 5.10 Å². The minimum atomic E-state index is -0.553. The summed E-state index contributed by atoms with van der Waals surface area (Å²) < 4.78 is 1.82. The van der Waals surface area contributed by atoms with Gasteiger partial charge in [0, 0.05) is 32.0 Å². The summed E-state index contributed by atoms with van der Waals surface area (Å²) in [5.74, 6) is 0. The maximum Gasteiger partial charge on any atom is 0.314 e. The van der Waals surface area contributed by atoms with Crippen molar-refractivity contribution in [2.24, 2.45) is 5.41 Å². The minimum absolute atomic E-state index is 0.229. The number of carbonyl (C=O) groups excluding carboxylic acids is 1. The maximum absolute atomic E-state index is 11.5. The summed E-state index contributed by atoms with van der Waals surface area (Å²) in [4.78, 5) is 11.5. The third-order valence-electron chi connectivity index (χ3n) is 2.86. The lowest BCUT2D eigenvalue weighted by Crippen LogP contribution is -2.43. The molecule has 0 aliphatic carbocycles. The van der Waals surface area contributed by atoms with Gasteiger partial charge in [-0.05, 0) is 17.9 Å². The molecule has 108 valence electrons. The van der Waals surface area contributed by atoms with Crippen molar-refractivity contribution in [2.45, 2.75) is 39.8 Å². The summed E-state index contributed by atoms with van der Waals surface area (Å²) in [6, 6.07) is 1.62. The second kappa shape index (κ2) is 7.13. The Morgan fingerprint density at radius 3 is 2.74 bits per heavy atom. The van der Waals surface area contributed by atoms with E-state index in [2.05, 4.69) is 15.7 Å². The molecule has 0 radical (unpaired) electrons. The Morgan fingerprint density at radius 2 is 2.16 bits per heavy atom. The molecule has 0 bridgehead atoms. The molecule has 1 unspecified atom stereocenters. The van der Waals surface area contributed by atoms with Gasteiger partial charge in [-0.3, -0.25) is 4.68 Å². The molecule has 0 fully saturated rings. The van der Waals surface area contributed by atoms with Crippen LogP contribution in [0.4, 0.5) is 4.79 Å². The number of nitrogens with zero attached hydrogens (tertiary/aromatic N) is 2. The Bertz CT molecular complexity index is 370. The quantitative estimate of drug-likeness (QED) is 0.673. The van der Waals surface area contributed by atoms with Crippen LogP contribution in [0.1, 0.15) is 27.2 Å². The largest absolute Gasteiger partial charge is 0.391 e. The van der Waals surface area contributed by atoms with Gasteiger partial charge in [0.25, 0.3) is 0 Å². The molecule has 0 saturated heterocycles. The fourth-order valence-corrected chi connectivity index (χ4v) is 1.43. The lowest BCUT2D eigenvalue weighted by Gasteiger charge is -2.25. The average molecular weight is 268 g/mol. The first-order valence-corrected chi connectivity index (χ1v) is 6.57. The third-order valence-corrected chi connectivity index (χ3v) is 2.86. The summed E-state index contributed by atoms with van der Waals surface area (Å²) in [5, 5.41) is 19.3. The first-order valence-electron chi connectivity index (χ1n) is 6.57. The van der Waals surface area contributed by atoms with E-state index in [4.69, 9.17) is 0 Å². The summed E-state index contributed by atoms with van der Waals surface area (Å²) in [5.41, 5.74) is -0.229. The van der Waals surface area contributed by atoms with E-state index in [1.165, 1.54) is 0 Å². The highest BCUT2D eigenvalue weighted by Crippen LogP contribution is 2.17. The Labute approximate surface area is 114 Å². The molecule has 0 aliphatic rings. The highest BCUT2D eigenvalue weighted by atomic mass is 16.3. The molecule has 1 heterocycles. The molecule has 2 amide bonds. The molecule has 0 saturated carbocycles. The predicted octanol–water partition coefficient (Wildman–Crippen LogP) is 0.979. The number of aliphatic hydroxyl groups excluding tert-OH is 1. The van der Waals surface area contributed by atoms with Crippen LogP contribution in [-0.4, -0.2) is 40.1 Å². The van der Waals surface area contributed by atoms with Crippen LogP contribution in [0.2, 0.25) is 0 Å². The number of aromatic nitrogens is 2. The zero-order chi connectivity index (χ0) is 14.3. The van der Waals surface area contributed by atoms with Gasteiger partial charge in [0.1, 0.15) is 0 Å². The number of hydrogen-bond donors (Lipinski definition) is 3. The third kappa shape index (κ3) is 6.24. The Hall–Kier alpha value is -1.56. The second-order valence-electron chi connectivity index (χ2n) is 5.64. The van der Waals surface area contributed by atoms with Gasteiger partial charge < -0.3 is 15.7 Å². The van der Waals surface area contributed by atoms with Crippen molar-refractivity contribution < 1.29 is 9.90 Å². The van der Waals surface area contributed by atoms with Gasteiger partial charge in [-0.25, -0.2) is 4.79 Å². The fraction of sp³-hybridized carbons (Fsp3) is 0.692. The first-order chi connectivity index (χ1) is 8.89. The maximum atomic E-state index is 11.5. The Balaban J connectivity index is 2.08. The normalized spacial score (nSPS) is 13.1. The lowest BCUT2D eigenvalue weighted by molar-refractivity contribution is 0.0650. The molecule has 0 spiro atoms. The molecule has 1 aromatic heterocycles. The zero-order valence-electron chi connectivity index (χ0n) is 11.9. The van der Waals surface area contributed by atoms with Crippen LogP contribution in [-0.2, 0) is 6.54 Å². The van der Waals surface area contributed by atoms with Crippen molar-refractivity contribution >= 4 is 6.03 Å². The highest BCUT2D eigenvalue weighted by Gasteiger charge is 2.22. The van der Waals surface area contributed by atoms with Crippen LogP contribution in [0.3, 0.4) is 0 Å². The smallest absolute Gasteiger partial charge is 0.314 e. The van der Waals surface area contributed by atoms with Crippen LogP contribution in [0.25, 0.3) is 0 Å². The van der Waals surface area contributed by atoms with Crippen molar-refractivity contribution in [3.8, 4) is 0 Å². The highest BCUT2D eigenvalue weighted by molar-refractivity contribution is 5.73. The zero-order valence-corrected chi connectivity index (χ0v) is 11.9. The van der Waals surface area contributed by atoms with Gasteiger partial charge in [0.05, 0.1) is 6.10 Å². The van der Waals surface area contributed by atoms with E-state index >= 15 is 0 Å². The number of urea groups is 1. The first kappa shape index (κ1) is 15.5. The summed E-state index contributed by atoms with van der Waals surface area (Å²) in [6.45, 7) is 7.41. The van der Waals surface area contributed by atoms with Gasteiger partial charge in [-0.15, -0.1) is 0 Å². The molecule has 19 heavy (non-hydrogen) atoms. The van der Waals surface area contributed by atoms with Crippen LogP contribution in [0.5, 0.6) is 0 Å². The van der Waals surface area contributed by atoms with E-state index in [9.17, 15) is 9.90 Å². The summed E-state index contributed by atoms with van der Waals surface area (Å²) in [6.07, 6.45) is 3.88. The van der Waals surface area contributed by atoms with Crippen LogP contribution in [0, 0.1) is 5.41 Å². The molecular weight excluding hydrogens is 244 g/mol. The number of rotatable bonds is 6. The van der Waals surface area contributed by atoms with Crippen molar-refractivity contribution in [2.75, 3.05) is 13.1 Å². The monoisotopic (exact) mass is 268 g/mol. The molecule has 1 atom stereocenters. The summed E-state index contributed by atoms with van der Waals surface area (Å²) in [7, 11) is 0. The van der Waals surface area contributed by atoms with E-state index in [0.717, 1.165) is 13.0 Å². The fourth-order valence-electron chi connectivity index (χ4n) is 1.43. The molecule has 1 aromatic rings. The number of amides is 2. The molecule has 0 aromatic carbocycles. The Morgan fingerprint density at radius 1 is 1.42 bits per heavy atom. The summed E-state index contributed by atoms with van der Waals surface area (Å²) >= 11 is 0. The predicted molar refractivity (Wildman–Crippen MR) is 73.7 cm³/mol. The van der Waals surface area contributed by atoms with E-state index in [1.54, 1.807) is 6.20 Å². The van der Waals surface area contributed by atoms with Crippen molar-refractivity contribution in [3.63, 3.8) is 0 Å².